The molecule has 0 aliphatic heterocycles. The third-order valence-electron chi connectivity index (χ3n) is 5.41. The molecule has 0 radical (unpaired) electrons. The van der Waals surface area contributed by atoms with Crippen LogP contribution in [-0.2, 0) is 15.6 Å². The van der Waals surface area contributed by atoms with Gasteiger partial charge in [0.15, 0.2) is 9.84 Å². The van der Waals surface area contributed by atoms with Crippen LogP contribution in [0.2, 0.25) is 5.02 Å². The van der Waals surface area contributed by atoms with Crippen molar-refractivity contribution in [2.24, 2.45) is 0 Å². The number of carbonyl (C=O) groups is 1. The molecule has 0 aromatic heterocycles. The fourth-order valence-corrected chi connectivity index (χ4v) is 5.49. The second kappa shape index (κ2) is 11.7. The van der Waals surface area contributed by atoms with E-state index in [2.05, 4.69) is 9.80 Å². The lowest BCUT2D eigenvalue weighted by Crippen LogP contribution is -2.35. The molecule has 0 aliphatic carbocycles. The summed E-state index contributed by atoms with van der Waals surface area (Å²) in [4.78, 5) is 19.2. The fourth-order valence-electron chi connectivity index (χ4n) is 3.54. The van der Waals surface area contributed by atoms with Crippen LogP contribution in [0.1, 0.15) is 36.7 Å². The molecule has 0 saturated carbocycles. The first-order chi connectivity index (χ1) is 15.1. The van der Waals surface area contributed by atoms with Crippen molar-refractivity contribution in [2.75, 3.05) is 51.7 Å². The molecule has 2 aromatic carbocycles. The van der Waals surface area contributed by atoms with E-state index in [1.165, 1.54) is 6.07 Å². The number of hydrogen-bond acceptors (Lipinski definition) is 5. The van der Waals surface area contributed by atoms with Crippen LogP contribution in [0.15, 0.2) is 47.4 Å². The Kier molecular flexibility index (Phi) is 9.55. The first-order valence-corrected chi connectivity index (χ1v) is 13.0. The molecule has 1 amide bonds. The average molecular weight is 480 g/mol. The molecule has 0 spiro atoms. The van der Waals surface area contributed by atoms with E-state index in [9.17, 15) is 13.2 Å². The smallest absolute Gasteiger partial charge is 0.255 e. The van der Waals surface area contributed by atoms with Crippen molar-refractivity contribution in [1.29, 1.82) is 0 Å². The maximum Gasteiger partial charge on any atom is 0.255 e. The van der Waals surface area contributed by atoms with Gasteiger partial charge in [0.05, 0.1) is 26.9 Å². The van der Waals surface area contributed by atoms with Crippen molar-refractivity contribution in [1.82, 2.24) is 9.80 Å². The normalized spacial score (nSPS) is 11.6. The summed E-state index contributed by atoms with van der Waals surface area (Å²) in [6.07, 6.45) is 0. The molecule has 0 saturated heterocycles. The molecule has 0 fully saturated rings. The first kappa shape index (κ1) is 26.2. The largest absolute Gasteiger partial charge is 0.370 e. The van der Waals surface area contributed by atoms with Gasteiger partial charge in [-0.25, -0.2) is 8.42 Å². The quantitative estimate of drug-likeness (QED) is 0.483. The number of benzene rings is 2. The van der Waals surface area contributed by atoms with Gasteiger partial charge < -0.3 is 14.7 Å². The van der Waals surface area contributed by atoms with Crippen LogP contribution >= 0.6 is 11.6 Å². The van der Waals surface area contributed by atoms with E-state index in [1.807, 2.05) is 40.9 Å². The molecule has 0 bridgehead atoms. The Balaban J connectivity index is 2.60. The topological polar surface area (TPSA) is 60.9 Å². The minimum absolute atomic E-state index is 0.00839. The maximum atomic E-state index is 13.4. The highest BCUT2D eigenvalue weighted by Crippen LogP contribution is 2.33. The summed E-state index contributed by atoms with van der Waals surface area (Å²) in [5.74, 6) is -0.370. The maximum absolute atomic E-state index is 13.4. The molecule has 0 atom stereocenters. The van der Waals surface area contributed by atoms with E-state index in [4.69, 9.17) is 11.6 Å². The summed E-state index contributed by atoms with van der Waals surface area (Å²) in [6.45, 7) is 9.04. The molecule has 0 heterocycles. The van der Waals surface area contributed by atoms with Gasteiger partial charge in [-0.2, -0.15) is 0 Å². The van der Waals surface area contributed by atoms with Crippen LogP contribution in [0.25, 0.3) is 0 Å². The number of likely N-dealkylation sites (N-methyl/N-ethyl adjacent to an activating group) is 2. The van der Waals surface area contributed by atoms with Crippen LogP contribution in [0.4, 0.5) is 5.69 Å². The monoisotopic (exact) mass is 479 g/mol. The Hall–Kier alpha value is -2.09. The molecule has 2 aromatic rings. The summed E-state index contributed by atoms with van der Waals surface area (Å²) < 4.78 is 26.5. The lowest BCUT2D eigenvalue weighted by atomic mass is 10.1. The minimum atomic E-state index is -3.74. The van der Waals surface area contributed by atoms with Gasteiger partial charge in [-0.3, -0.25) is 4.79 Å². The van der Waals surface area contributed by atoms with Gasteiger partial charge >= 0.3 is 0 Å². The van der Waals surface area contributed by atoms with Crippen LogP contribution in [0, 0.1) is 0 Å². The van der Waals surface area contributed by atoms with Crippen LogP contribution in [0.3, 0.4) is 0 Å². The second-order valence-electron chi connectivity index (χ2n) is 7.90. The number of halogens is 1. The minimum Gasteiger partial charge on any atom is -0.370 e. The zero-order chi connectivity index (χ0) is 23.9. The Bertz CT molecular complexity index is 1010. The highest BCUT2D eigenvalue weighted by molar-refractivity contribution is 7.90. The number of hydrogen-bond donors (Lipinski definition) is 0. The van der Waals surface area contributed by atoms with Crippen LogP contribution in [0.5, 0.6) is 0 Å². The van der Waals surface area contributed by atoms with Gasteiger partial charge in [0.1, 0.15) is 0 Å². The van der Waals surface area contributed by atoms with Crippen molar-refractivity contribution in [2.45, 2.75) is 31.4 Å². The standard InChI is InChI=1S/C24H34ClN3O3S/c1-6-27(7-2)24(29)20-16-23(32(30,31)18-19-12-10-9-11-13-19)21(25)17-22(20)28(8-3)15-14-26(4)5/h9-13,16-17H,6-8,14-15,18H2,1-5H3. The Morgan fingerprint density at radius 2 is 1.56 bits per heavy atom. The van der Waals surface area contributed by atoms with Crippen molar-refractivity contribution < 1.29 is 13.2 Å². The number of anilines is 1. The summed E-state index contributed by atoms with van der Waals surface area (Å²) in [5.41, 5.74) is 1.70. The number of sulfone groups is 1. The molecule has 0 unspecified atom stereocenters. The Morgan fingerprint density at radius 3 is 2.09 bits per heavy atom. The van der Waals surface area contributed by atoms with E-state index in [1.54, 1.807) is 35.2 Å². The number of carbonyl (C=O) groups excluding carboxylic acids is 1. The molecule has 6 nitrogen and oxygen atoms in total. The molecule has 0 N–H and O–H groups in total. The van der Waals surface area contributed by atoms with E-state index >= 15 is 0 Å². The zero-order valence-electron chi connectivity index (χ0n) is 19.6. The van der Waals surface area contributed by atoms with Crippen molar-refractivity contribution >= 4 is 33.0 Å². The molecule has 0 aliphatic rings. The van der Waals surface area contributed by atoms with Gasteiger partial charge in [0.25, 0.3) is 5.91 Å². The summed E-state index contributed by atoms with van der Waals surface area (Å²) in [5, 5.41) is 0.135. The van der Waals surface area contributed by atoms with Gasteiger partial charge in [0, 0.05) is 32.7 Å². The van der Waals surface area contributed by atoms with Crippen LogP contribution in [-0.4, -0.2) is 70.9 Å². The number of amides is 1. The van der Waals surface area contributed by atoms with Crippen molar-refractivity contribution in [3.63, 3.8) is 0 Å². The lowest BCUT2D eigenvalue weighted by molar-refractivity contribution is 0.0773. The average Bonchev–Trinajstić information content (AvgIpc) is 2.75. The highest BCUT2D eigenvalue weighted by Gasteiger charge is 2.27. The van der Waals surface area contributed by atoms with Gasteiger partial charge in [-0.1, -0.05) is 41.9 Å². The molecular weight excluding hydrogens is 446 g/mol. The Labute approximate surface area is 197 Å². The van der Waals surface area contributed by atoms with Crippen molar-refractivity contribution in [3.05, 3.63) is 58.6 Å². The number of nitrogens with zero attached hydrogens (tertiary/aromatic N) is 3. The van der Waals surface area contributed by atoms with Crippen LogP contribution < -0.4 is 4.90 Å². The Morgan fingerprint density at radius 1 is 0.938 bits per heavy atom. The van der Waals surface area contributed by atoms with Gasteiger partial charge in [-0.15, -0.1) is 0 Å². The van der Waals surface area contributed by atoms with Gasteiger partial charge in [0.2, 0.25) is 0 Å². The second-order valence-corrected chi connectivity index (χ2v) is 10.3. The molecule has 32 heavy (non-hydrogen) atoms. The van der Waals surface area contributed by atoms with E-state index in [-0.39, 0.29) is 21.6 Å². The molecule has 176 valence electrons. The number of rotatable bonds is 11. The van der Waals surface area contributed by atoms with E-state index in [0.717, 1.165) is 6.54 Å². The SMILES string of the molecule is CCN(CC)C(=O)c1cc(S(=O)(=O)Cc2ccccc2)c(Cl)cc1N(CC)CCN(C)C. The van der Waals surface area contributed by atoms with Crippen molar-refractivity contribution in [3.8, 4) is 0 Å². The summed E-state index contributed by atoms with van der Waals surface area (Å²) in [7, 11) is 0.233. The van der Waals surface area contributed by atoms with Gasteiger partial charge in [-0.05, 0) is 52.6 Å². The summed E-state index contributed by atoms with van der Waals surface area (Å²) >= 11 is 6.53. The molecular formula is C24H34ClN3O3S. The summed E-state index contributed by atoms with van der Waals surface area (Å²) in [6, 6.07) is 12.1. The zero-order valence-corrected chi connectivity index (χ0v) is 21.2. The third-order valence-corrected chi connectivity index (χ3v) is 7.55. The molecule has 2 rings (SSSR count). The predicted molar refractivity (Wildman–Crippen MR) is 132 cm³/mol. The first-order valence-electron chi connectivity index (χ1n) is 10.9. The van der Waals surface area contributed by atoms with E-state index in [0.29, 0.717) is 43.0 Å². The highest BCUT2D eigenvalue weighted by atomic mass is 35.5. The molecule has 8 heteroatoms. The third kappa shape index (κ3) is 6.47. The fraction of sp³-hybridized carbons (Fsp3) is 0.458. The lowest BCUT2D eigenvalue weighted by Gasteiger charge is -2.29. The predicted octanol–water partition coefficient (Wildman–Crippen LogP) is 4.18. The van der Waals surface area contributed by atoms with E-state index < -0.39 is 9.84 Å².